The lowest BCUT2D eigenvalue weighted by molar-refractivity contribution is -0.124. The number of carbonyl (C=O) groups is 1. The Bertz CT molecular complexity index is 470. The van der Waals surface area contributed by atoms with Crippen LogP contribution in [0.2, 0.25) is 0 Å². The third-order valence-corrected chi connectivity index (χ3v) is 5.58. The number of nitrogens with two attached hydrogens (primary N) is 1. The molecule has 1 aromatic rings. The van der Waals surface area contributed by atoms with Gasteiger partial charge in [0.1, 0.15) is 5.78 Å². The van der Waals surface area contributed by atoms with Crippen molar-refractivity contribution in [2.45, 2.75) is 45.1 Å². The minimum Gasteiger partial charge on any atom is -0.323 e. The van der Waals surface area contributed by atoms with E-state index in [1.807, 2.05) is 37.3 Å². The van der Waals surface area contributed by atoms with E-state index in [-0.39, 0.29) is 12.0 Å². The third kappa shape index (κ3) is 2.67. The van der Waals surface area contributed by atoms with Crippen LogP contribution in [0.3, 0.4) is 0 Å². The number of fused-ring (bicyclic) bond motifs is 2. The van der Waals surface area contributed by atoms with Gasteiger partial charge in [-0.25, -0.2) is 0 Å². The van der Waals surface area contributed by atoms with E-state index in [2.05, 4.69) is 0 Å². The lowest BCUT2D eigenvalue weighted by Gasteiger charge is -2.24. The molecule has 0 aliphatic heterocycles. The Morgan fingerprint density at radius 3 is 2.60 bits per heavy atom. The van der Waals surface area contributed by atoms with Gasteiger partial charge in [-0.15, -0.1) is 0 Å². The van der Waals surface area contributed by atoms with Crippen LogP contribution in [0.15, 0.2) is 30.3 Å². The van der Waals surface area contributed by atoms with E-state index in [0.717, 1.165) is 23.8 Å². The van der Waals surface area contributed by atoms with Gasteiger partial charge in [0.25, 0.3) is 0 Å². The highest BCUT2D eigenvalue weighted by Crippen LogP contribution is 2.49. The number of Topliss-reactive ketones (excluding diaryl/α,β-unsaturated/α-hetero) is 1. The Morgan fingerprint density at radius 1 is 1.25 bits per heavy atom. The lowest BCUT2D eigenvalue weighted by Crippen LogP contribution is -2.28. The van der Waals surface area contributed by atoms with Gasteiger partial charge in [0.15, 0.2) is 0 Å². The zero-order valence-electron chi connectivity index (χ0n) is 12.3. The monoisotopic (exact) mass is 271 g/mol. The maximum Gasteiger partial charge on any atom is 0.137 e. The highest BCUT2D eigenvalue weighted by atomic mass is 16.1. The largest absolute Gasteiger partial charge is 0.323 e. The van der Waals surface area contributed by atoms with E-state index in [9.17, 15) is 4.79 Å². The van der Waals surface area contributed by atoms with Crippen LogP contribution in [0.5, 0.6) is 0 Å². The number of hydrogen-bond donors (Lipinski definition) is 1. The van der Waals surface area contributed by atoms with Gasteiger partial charge in [-0.3, -0.25) is 4.79 Å². The van der Waals surface area contributed by atoms with Gasteiger partial charge < -0.3 is 5.73 Å². The summed E-state index contributed by atoms with van der Waals surface area (Å²) in [6.07, 6.45) is 6.15. The average molecular weight is 271 g/mol. The molecular formula is C18H25NO. The molecule has 2 bridgehead atoms. The van der Waals surface area contributed by atoms with Crippen LogP contribution in [0.25, 0.3) is 0 Å². The maximum absolute atomic E-state index is 12.5. The third-order valence-electron chi connectivity index (χ3n) is 5.58. The first kappa shape index (κ1) is 13.8. The molecule has 0 saturated heterocycles. The first-order valence-electron chi connectivity index (χ1n) is 7.98. The molecule has 1 aromatic carbocycles. The minimum absolute atomic E-state index is 0.0727. The summed E-state index contributed by atoms with van der Waals surface area (Å²) in [5.41, 5.74) is 7.34. The van der Waals surface area contributed by atoms with Gasteiger partial charge in [-0.2, -0.15) is 0 Å². The summed E-state index contributed by atoms with van der Waals surface area (Å²) < 4.78 is 0. The van der Waals surface area contributed by atoms with Gasteiger partial charge in [-0.05, 0) is 42.6 Å². The standard InChI is InChI=1S/C18H25NO/c1-12(18(19)14-5-3-2-4-6-14)17(20)11-16-10-13-7-8-15(16)9-13/h2-6,12-13,15-16,18H,7-11,19H2,1H3. The van der Waals surface area contributed by atoms with Gasteiger partial charge in [0.2, 0.25) is 0 Å². The number of carbonyl (C=O) groups excluding carboxylic acids is 1. The first-order valence-corrected chi connectivity index (χ1v) is 7.98. The molecule has 2 N–H and O–H groups in total. The molecule has 20 heavy (non-hydrogen) atoms. The van der Waals surface area contributed by atoms with Crippen molar-refractivity contribution in [3.05, 3.63) is 35.9 Å². The van der Waals surface area contributed by atoms with Crippen LogP contribution in [0.1, 0.15) is 50.6 Å². The van der Waals surface area contributed by atoms with E-state index < -0.39 is 0 Å². The van der Waals surface area contributed by atoms with E-state index in [0.29, 0.717) is 11.7 Å². The maximum atomic E-state index is 12.5. The van der Waals surface area contributed by atoms with Crippen LogP contribution in [0.4, 0.5) is 0 Å². The number of rotatable bonds is 5. The second-order valence-corrected chi connectivity index (χ2v) is 6.83. The van der Waals surface area contributed by atoms with Crippen molar-refractivity contribution in [2.75, 3.05) is 0 Å². The normalized spacial score (nSPS) is 31.2. The van der Waals surface area contributed by atoms with Crippen molar-refractivity contribution >= 4 is 5.78 Å². The molecule has 2 saturated carbocycles. The Morgan fingerprint density at radius 2 is 2.00 bits per heavy atom. The Hall–Kier alpha value is -1.15. The molecule has 0 heterocycles. The van der Waals surface area contributed by atoms with Crippen LogP contribution >= 0.6 is 0 Å². The molecule has 3 rings (SSSR count). The Balaban J connectivity index is 1.59. The van der Waals surface area contributed by atoms with E-state index in [1.54, 1.807) is 0 Å². The average Bonchev–Trinajstić information content (AvgIpc) is 3.09. The van der Waals surface area contributed by atoms with Gasteiger partial charge in [-0.1, -0.05) is 43.7 Å². The molecule has 2 heteroatoms. The predicted molar refractivity (Wildman–Crippen MR) is 81.1 cm³/mol. The van der Waals surface area contributed by atoms with Crippen molar-refractivity contribution < 1.29 is 4.79 Å². The smallest absolute Gasteiger partial charge is 0.137 e. The summed E-state index contributed by atoms with van der Waals surface area (Å²) in [4.78, 5) is 12.5. The molecule has 2 fully saturated rings. The highest BCUT2D eigenvalue weighted by molar-refractivity contribution is 5.81. The van der Waals surface area contributed by atoms with Crippen LogP contribution in [0, 0.1) is 23.7 Å². The van der Waals surface area contributed by atoms with Crippen LogP contribution < -0.4 is 5.73 Å². The zero-order valence-corrected chi connectivity index (χ0v) is 12.3. The number of benzene rings is 1. The molecule has 0 spiro atoms. The fraction of sp³-hybridized carbons (Fsp3) is 0.611. The minimum atomic E-state index is -0.165. The van der Waals surface area contributed by atoms with Crippen molar-refractivity contribution in [3.8, 4) is 0 Å². The van der Waals surface area contributed by atoms with Gasteiger partial charge >= 0.3 is 0 Å². The number of hydrogen-bond acceptors (Lipinski definition) is 2. The summed E-state index contributed by atoms with van der Waals surface area (Å²) in [7, 11) is 0. The predicted octanol–water partition coefficient (Wildman–Crippen LogP) is 3.72. The molecular weight excluding hydrogens is 246 g/mol. The first-order chi connectivity index (χ1) is 9.65. The molecule has 2 nitrogen and oxygen atoms in total. The fourth-order valence-electron chi connectivity index (χ4n) is 4.23. The van der Waals surface area contributed by atoms with Crippen molar-refractivity contribution in [1.82, 2.24) is 0 Å². The van der Waals surface area contributed by atoms with Crippen LogP contribution in [-0.2, 0) is 4.79 Å². The van der Waals surface area contributed by atoms with E-state index in [4.69, 9.17) is 5.73 Å². The van der Waals surface area contributed by atoms with Crippen molar-refractivity contribution in [3.63, 3.8) is 0 Å². The zero-order chi connectivity index (χ0) is 14.1. The second kappa shape index (κ2) is 5.69. The molecule has 5 atom stereocenters. The molecule has 2 aliphatic rings. The topological polar surface area (TPSA) is 43.1 Å². The number of ketones is 1. The Labute approximate surface area is 121 Å². The lowest BCUT2D eigenvalue weighted by atomic mass is 9.81. The van der Waals surface area contributed by atoms with E-state index >= 15 is 0 Å². The summed E-state index contributed by atoms with van der Waals surface area (Å²) in [6.45, 7) is 1.99. The summed E-state index contributed by atoms with van der Waals surface area (Å²) in [5.74, 6) is 2.67. The highest BCUT2D eigenvalue weighted by Gasteiger charge is 2.40. The van der Waals surface area contributed by atoms with Crippen LogP contribution in [-0.4, -0.2) is 5.78 Å². The SMILES string of the molecule is CC(C(=O)CC1CC2CCC1C2)C(N)c1ccccc1. The summed E-state index contributed by atoms with van der Waals surface area (Å²) >= 11 is 0. The fourth-order valence-corrected chi connectivity index (χ4v) is 4.23. The van der Waals surface area contributed by atoms with E-state index in [1.165, 1.54) is 25.7 Å². The van der Waals surface area contributed by atoms with Crippen molar-refractivity contribution in [1.29, 1.82) is 0 Å². The molecule has 0 amide bonds. The molecule has 0 aromatic heterocycles. The van der Waals surface area contributed by atoms with Crippen molar-refractivity contribution in [2.24, 2.45) is 29.4 Å². The molecule has 108 valence electrons. The Kier molecular flexibility index (Phi) is 3.93. The van der Waals surface area contributed by atoms with Gasteiger partial charge in [0.05, 0.1) is 0 Å². The quantitative estimate of drug-likeness (QED) is 0.887. The molecule has 2 aliphatic carbocycles. The summed E-state index contributed by atoms with van der Waals surface area (Å²) in [5, 5.41) is 0. The molecule has 5 unspecified atom stereocenters. The molecule has 0 radical (unpaired) electrons. The summed E-state index contributed by atoms with van der Waals surface area (Å²) in [6, 6.07) is 9.84. The second-order valence-electron chi connectivity index (χ2n) is 6.83. The van der Waals surface area contributed by atoms with Gasteiger partial charge in [0, 0.05) is 18.4 Å².